The van der Waals surface area contributed by atoms with Crippen LogP contribution in [0, 0.1) is 0 Å². The van der Waals surface area contributed by atoms with Crippen LogP contribution in [-0.2, 0) is 6.54 Å². The Labute approximate surface area is 160 Å². The number of hydrogen-bond donors (Lipinski definition) is 2. The smallest absolute Gasteiger partial charge is 0.406 e. The number of nitrogens with one attached hydrogen (secondary N) is 2. The lowest BCUT2D eigenvalue weighted by molar-refractivity contribution is 0.194. The molecule has 0 radical (unpaired) electrons. The minimum absolute atomic E-state index is 0.0963. The quantitative estimate of drug-likeness (QED) is 0.725. The maximum Gasteiger partial charge on any atom is 0.417 e. The normalized spacial score (nSPS) is 14.6. The summed E-state index contributed by atoms with van der Waals surface area (Å²) in [5.41, 5.74) is 3.06. The van der Waals surface area contributed by atoms with Gasteiger partial charge < -0.3 is 19.5 Å². The van der Waals surface area contributed by atoms with Crippen molar-refractivity contribution in [3.05, 3.63) is 63.6 Å². The van der Waals surface area contributed by atoms with Crippen LogP contribution in [-0.4, -0.2) is 42.1 Å². The molecule has 0 unspecified atom stereocenters. The van der Waals surface area contributed by atoms with Crippen LogP contribution in [0.15, 0.2) is 51.7 Å². The zero-order chi connectivity index (χ0) is 18.8. The number of rotatable bonds is 3. The zero-order valence-corrected chi connectivity index (χ0v) is 15.3. The summed E-state index contributed by atoms with van der Waals surface area (Å²) in [7, 11) is 0. The summed E-state index contributed by atoms with van der Waals surface area (Å²) in [6.45, 7) is 2.95. The first-order valence-corrected chi connectivity index (χ1v) is 9.12. The fourth-order valence-corrected chi connectivity index (χ4v) is 3.51. The van der Waals surface area contributed by atoms with Gasteiger partial charge in [-0.2, -0.15) is 0 Å². The summed E-state index contributed by atoms with van der Waals surface area (Å²) in [6, 6.07) is 13.0. The molecule has 1 saturated heterocycles. The molecule has 2 heterocycles. The summed E-state index contributed by atoms with van der Waals surface area (Å²) in [5.74, 6) is -0.462. The molecule has 3 aromatic rings. The van der Waals surface area contributed by atoms with E-state index >= 15 is 0 Å². The fourth-order valence-electron chi connectivity index (χ4n) is 3.29. The van der Waals surface area contributed by atoms with Gasteiger partial charge in [0.05, 0.1) is 11.2 Å². The van der Waals surface area contributed by atoms with Gasteiger partial charge in [0.2, 0.25) is 0 Å². The number of amides is 2. The molecule has 1 aromatic heterocycles. The average Bonchev–Trinajstić information content (AvgIpc) is 3.06. The van der Waals surface area contributed by atoms with Gasteiger partial charge >= 0.3 is 11.8 Å². The Balaban J connectivity index is 1.37. The summed E-state index contributed by atoms with van der Waals surface area (Å²) in [4.78, 5) is 30.5. The third-order valence-electron chi connectivity index (χ3n) is 4.67. The van der Waals surface area contributed by atoms with Gasteiger partial charge in [0.25, 0.3) is 0 Å². The van der Waals surface area contributed by atoms with Crippen molar-refractivity contribution in [1.82, 2.24) is 15.2 Å². The number of piperazine rings is 1. The van der Waals surface area contributed by atoms with E-state index in [4.69, 9.17) is 16.0 Å². The summed E-state index contributed by atoms with van der Waals surface area (Å²) in [5, 5.41) is 3.58. The van der Waals surface area contributed by atoms with Gasteiger partial charge in [-0.25, -0.2) is 9.59 Å². The average molecular weight is 387 g/mol. The number of halogens is 1. The molecule has 0 saturated carbocycles. The minimum Gasteiger partial charge on any atom is -0.406 e. The standard InChI is InChI=1S/C19H19ClN4O3/c20-14-4-1-3-13(11-14)12-21-18(25)24-9-7-23(8-10-24)16-6-2-5-15-17(16)27-19(26)22-15/h1-6,11H,7-10,12H2,(H,21,25)(H,22,26). The topological polar surface area (TPSA) is 81.6 Å². The molecule has 2 amide bonds. The Bertz CT molecular complexity index is 1020. The zero-order valence-electron chi connectivity index (χ0n) is 14.6. The first-order valence-electron chi connectivity index (χ1n) is 8.74. The lowest BCUT2D eigenvalue weighted by Crippen LogP contribution is -2.51. The summed E-state index contributed by atoms with van der Waals surface area (Å²) in [6.07, 6.45) is 0. The van der Waals surface area contributed by atoms with Crippen molar-refractivity contribution in [1.29, 1.82) is 0 Å². The van der Waals surface area contributed by atoms with Crippen molar-refractivity contribution in [3.63, 3.8) is 0 Å². The monoisotopic (exact) mass is 386 g/mol. The molecule has 27 heavy (non-hydrogen) atoms. The predicted molar refractivity (Wildman–Crippen MR) is 104 cm³/mol. The number of aromatic amines is 1. The highest BCUT2D eigenvalue weighted by molar-refractivity contribution is 6.30. The van der Waals surface area contributed by atoms with E-state index in [-0.39, 0.29) is 6.03 Å². The maximum absolute atomic E-state index is 12.4. The first kappa shape index (κ1) is 17.5. The molecule has 2 aromatic carbocycles. The van der Waals surface area contributed by atoms with Crippen LogP contribution in [0.1, 0.15) is 5.56 Å². The second kappa shape index (κ2) is 7.36. The number of oxazole rings is 1. The molecule has 140 valence electrons. The number of anilines is 1. The van der Waals surface area contributed by atoms with Gasteiger partial charge in [-0.15, -0.1) is 0 Å². The number of benzene rings is 2. The molecule has 4 rings (SSSR count). The number of fused-ring (bicyclic) bond motifs is 1. The van der Waals surface area contributed by atoms with Crippen LogP contribution in [0.3, 0.4) is 0 Å². The van der Waals surface area contributed by atoms with Gasteiger partial charge in [-0.1, -0.05) is 29.8 Å². The van der Waals surface area contributed by atoms with Crippen molar-refractivity contribution in [3.8, 4) is 0 Å². The van der Waals surface area contributed by atoms with Crippen molar-refractivity contribution in [2.24, 2.45) is 0 Å². The number of hydrogen-bond acceptors (Lipinski definition) is 4. The Morgan fingerprint density at radius 3 is 2.70 bits per heavy atom. The highest BCUT2D eigenvalue weighted by Gasteiger charge is 2.23. The second-order valence-electron chi connectivity index (χ2n) is 6.43. The van der Waals surface area contributed by atoms with E-state index in [1.165, 1.54) is 0 Å². The molecule has 0 bridgehead atoms. The molecule has 7 nitrogen and oxygen atoms in total. The Kier molecular flexibility index (Phi) is 4.77. The van der Waals surface area contributed by atoms with Gasteiger partial charge in [0.1, 0.15) is 0 Å². The highest BCUT2D eigenvalue weighted by atomic mass is 35.5. The van der Waals surface area contributed by atoms with Gasteiger partial charge in [0, 0.05) is 37.7 Å². The molecule has 8 heteroatoms. The molecule has 0 atom stereocenters. The third kappa shape index (κ3) is 3.78. The summed E-state index contributed by atoms with van der Waals surface area (Å²) < 4.78 is 5.27. The fraction of sp³-hybridized carbons (Fsp3) is 0.263. The van der Waals surface area contributed by atoms with E-state index < -0.39 is 5.76 Å². The maximum atomic E-state index is 12.4. The highest BCUT2D eigenvalue weighted by Crippen LogP contribution is 2.25. The Hall–Kier alpha value is -2.93. The summed E-state index contributed by atoms with van der Waals surface area (Å²) >= 11 is 5.97. The van der Waals surface area contributed by atoms with Crippen LogP contribution in [0.25, 0.3) is 11.1 Å². The van der Waals surface area contributed by atoms with Gasteiger partial charge in [-0.3, -0.25) is 4.98 Å². The number of urea groups is 1. The van der Waals surface area contributed by atoms with Crippen LogP contribution < -0.4 is 16.0 Å². The van der Waals surface area contributed by atoms with Crippen LogP contribution in [0.5, 0.6) is 0 Å². The largest absolute Gasteiger partial charge is 0.417 e. The number of nitrogens with zero attached hydrogens (tertiary/aromatic N) is 2. The number of carbonyl (C=O) groups is 1. The van der Waals surface area contributed by atoms with Crippen molar-refractivity contribution in [2.75, 3.05) is 31.1 Å². The Morgan fingerprint density at radius 1 is 1.15 bits per heavy atom. The van der Waals surface area contributed by atoms with Gasteiger partial charge in [0.15, 0.2) is 5.58 Å². The molecule has 1 aliphatic heterocycles. The number of carbonyl (C=O) groups excluding carboxylic acids is 1. The molecular weight excluding hydrogens is 368 g/mol. The number of H-pyrrole nitrogens is 1. The molecule has 0 spiro atoms. The van der Waals surface area contributed by atoms with E-state index in [1.807, 2.05) is 36.4 Å². The molecule has 2 N–H and O–H groups in total. The van der Waals surface area contributed by atoms with Crippen LogP contribution in [0.2, 0.25) is 5.02 Å². The van der Waals surface area contributed by atoms with Crippen molar-refractivity contribution >= 4 is 34.4 Å². The SMILES string of the molecule is O=C(NCc1cccc(Cl)c1)N1CCN(c2cccc3[nH]c(=O)oc23)CC1. The van der Waals surface area contributed by atoms with E-state index in [9.17, 15) is 9.59 Å². The van der Waals surface area contributed by atoms with Gasteiger partial charge in [-0.05, 0) is 29.8 Å². The molecule has 1 aliphatic rings. The molecule has 0 aliphatic carbocycles. The predicted octanol–water partition coefficient (Wildman–Crippen LogP) is 2.81. The lowest BCUT2D eigenvalue weighted by atomic mass is 10.2. The van der Waals surface area contributed by atoms with E-state index in [0.29, 0.717) is 48.8 Å². The molecular formula is C19H19ClN4O3. The van der Waals surface area contributed by atoms with Crippen LogP contribution in [0.4, 0.5) is 10.5 Å². The number of aromatic nitrogens is 1. The number of para-hydroxylation sites is 1. The lowest BCUT2D eigenvalue weighted by Gasteiger charge is -2.35. The van der Waals surface area contributed by atoms with E-state index in [1.54, 1.807) is 11.0 Å². The third-order valence-corrected chi connectivity index (χ3v) is 4.90. The van der Waals surface area contributed by atoms with E-state index in [2.05, 4.69) is 15.2 Å². The molecule has 1 fully saturated rings. The van der Waals surface area contributed by atoms with E-state index in [0.717, 1.165) is 11.3 Å². The van der Waals surface area contributed by atoms with Crippen molar-refractivity contribution < 1.29 is 9.21 Å². The Morgan fingerprint density at radius 2 is 1.93 bits per heavy atom. The van der Waals surface area contributed by atoms with Crippen molar-refractivity contribution in [2.45, 2.75) is 6.54 Å². The minimum atomic E-state index is -0.462. The van der Waals surface area contributed by atoms with Crippen LogP contribution >= 0.6 is 11.6 Å². The first-order chi connectivity index (χ1) is 13.1. The second-order valence-corrected chi connectivity index (χ2v) is 6.87.